The fourth-order valence-electron chi connectivity index (χ4n) is 3.18. The minimum absolute atomic E-state index is 0.0925. The first kappa shape index (κ1) is 24.3. The molecule has 0 amide bonds. The first-order chi connectivity index (χ1) is 15.8. The maximum Gasteiger partial charge on any atom is 0.308 e. The Labute approximate surface area is 196 Å². The number of rotatable bonds is 9. The highest BCUT2D eigenvalue weighted by Gasteiger charge is 2.41. The number of hydrogen-bond donors (Lipinski definition) is 1. The highest BCUT2D eigenvalue weighted by Crippen LogP contribution is 2.33. The van der Waals surface area contributed by atoms with Gasteiger partial charge in [0.15, 0.2) is 33.7 Å². The van der Waals surface area contributed by atoms with Crippen LogP contribution in [0.3, 0.4) is 0 Å². The second-order valence-electron chi connectivity index (χ2n) is 7.13. The fraction of sp³-hybridized carbons (Fsp3) is 0.292. The van der Waals surface area contributed by atoms with Crippen molar-refractivity contribution in [1.82, 2.24) is 5.32 Å². The summed E-state index contributed by atoms with van der Waals surface area (Å²) in [5.41, 5.74) is 0.597. The Morgan fingerprint density at radius 1 is 1.00 bits per heavy atom. The lowest BCUT2D eigenvalue weighted by Gasteiger charge is -2.26. The number of ketones is 1. The van der Waals surface area contributed by atoms with E-state index in [0.29, 0.717) is 23.6 Å². The van der Waals surface area contributed by atoms with Crippen molar-refractivity contribution >= 4 is 35.6 Å². The standard InChI is InChI=1S/C24H25NO7S/c1-16(26)31-21-10-8-18(14-22(21)32-17(2)27)9-11-23(28)24(25-12-13-33-24)15-30-20-7-5-4-6-19(20)29-3/h4-11,14,25H,12-13,15H2,1-3H3. The Morgan fingerprint density at radius 2 is 1.70 bits per heavy atom. The van der Waals surface area contributed by atoms with Crippen LogP contribution >= 0.6 is 11.8 Å². The molecule has 33 heavy (non-hydrogen) atoms. The van der Waals surface area contributed by atoms with E-state index < -0.39 is 16.8 Å². The number of carbonyl (C=O) groups excluding carboxylic acids is 3. The number of methoxy groups -OCH3 is 1. The van der Waals surface area contributed by atoms with Crippen molar-refractivity contribution in [3.63, 3.8) is 0 Å². The van der Waals surface area contributed by atoms with E-state index in [9.17, 15) is 14.4 Å². The molecule has 0 bridgehead atoms. The molecule has 2 aromatic carbocycles. The molecule has 8 nitrogen and oxygen atoms in total. The number of benzene rings is 2. The van der Waals surface area contributed by atoms with Crippen molar-refractivity contribution in [2.75, 3.05) is 26.0 Å². The lowest BCUT2D eigenvalue weighted by molar-refractivity contribution is -0.134. The molecule has 174 valence electrons. The normalized spacial score (nSPS) is 17.5. The van der Waals surface area contributed by atoms with Crippen molar-refractivity contribution in [2.45, 2.75) is 18.7 Å². The van der Waals surface area contributed by atoms with Crippen LogP contribution in [0.1, 0.15) is 19.4 Å². The zero-order chi connectivity index (χ0) is 23.8. The summed E-state index contributed by atoms with van der Waals surface area (Å²) in [5, 5.41) is 3.25. The van der Waals surface area contributed by atoms with Gasteiger partial charge >= 0.3 is 11.9 Å². The van der Waals surface area contributed by atoms with Gasteiger partial charge in [-0.3, -0.25) is 19.7 Å². The third-order valence-corrected chi connectivity index (χ3v) is 6.03. The molecule has 1 N–H and O–H groups in total. The highest BCUT2D eigenvalue weighted by atomic mass is 32.2. The second-order valence-corrected chi connectivity index (χ2v) is 8.53. The fourth-order valence-corrected chi connectivity index (χ4v) is 4.29. The first-order valence-electron chi connectivity index (χ1n) is 10.2. The summed E-state index contributed by atoms with van der Waals surface area (Å²) in [4.78, 5) is 34.9. The van der Waals surface area contributed by atoms with Crippen LogP contribution < -0.4 is 24.3 Å². The van der Waals surface area contributed by atoms with Gasteiger partial charge in [0, 0.05) is 26.1 Å². The smallest absolute Gasteiger partial charge is 0.308 e. The molecule has 1 fully saturated rings. The summed E-state index contributed by atoms with van der Waals surface area (Å²) in [6.07, 6.45) is 3.06. The number of para-hydroxylation sites is 2. The third-order valence-electron chi connectivity index (χ3n) is 4.66. The van der Waals surface area contributed by atoms with Crippen LogP contribution in [0.15, 0.2) is 48.5 Å². The molecular formula is C24H25NO7S. The van der Waals surface area contributed by atoms with Crippen molar-refractivity contribution in [3.05, 3.63) is 54.1 Å². The van der Waals surface area contributed by atoms with Crippen LogP contribution in [0.25, 0.3) is 6.08 Å². The van der Waals surface area contributed by atoms with Gasteiger partial charge in [-0.1, -0.05) is 24.3 Å². The molecule has 1 unspecified atom stereocenters. The van der Waals surface area contributed by atoms with Gasteiger partial charge in [-0.05, 0) is 35.9 Å². The van der Waals surface area contributed by atoms with Gasteiger partial charge in [0.05, 0.1) is 7.11 Å². The Bertz CT molecular complexity index is 1060. The minimum Gasteiger partial charge on any atom is -0.493 e. The summed E-state index contributed by atoms with van der Waals surface area (Å²) >= 11 is 1.48. The lowest BCUT2D eigenvalue weighted by Crippen LogP contribution is -2.49. The zero-order valence-corrected chi connectivity index (χ0v) is 19.4. The first-order valence-corrected chi connectivity index (χ1v) is 11.2. The van der Waals surface area contributed by atoms with Gasteiger partial charge in [-0.15, -0.1) is 11.8 Å². The van der Waals surface area contributed by atoms with E-state index in [2.05, 4.69) is 5.32 Å². The lowest BCUT2D eigenvalue weighted by atomic mass is 10.1. The average molecular weight is 472 g/mol. The molecule has 2 aromatic rings. The van der Waals surface area contributed by atoms with E-state index in [1.54, 1.807) is 31.4 Å². The number of ether oxygens (including phenoxy) is 4. The molecule has 1 heterocycles. The molecule has 9 heteroatoms. The van der Waals surface area contributed by atoms with Gasteiger partial charge in [0.2, 0.25) is 0 Å². The predicted octanol–water partition coefficient (Wildman–Crippen LogP) is 3.24. The van der Waals surface area contributed by atoms with Crippen LogP contribution in [-0.2, 0) is 14.4 Å². The SMILES string of the molecule is COc1ccccc1OCC1(C(=O)C=Cc2ccc(OC(C)=O)c(OC(C)=O)c2)NCCS1. The Balaban J connectivity index is 1.77. The summed E-state index contributed by atoms with van der Waals surface area (Å²) in [6, 6.07) is 11.9. The summed E-state index contributed by atoms with van der Waals surface area (Å²) in [7, 11) is 1.56. The molecular weight excluding hydrogens is 446 g/mol. The maximum atomic E-state index is 13.2. The quantitative estimate of drug-likeness (QED) is 0.336. The number of thioether (sulfide) groups is 1. The molecule has 0 aliphatic carbocycles. The predicted molar refractivity (Wildman–Crippen MR) is 125 cm³/mol. The van der Waals surface area contributed by atoms with Crippen LogP contribution in [0.5, 0.6) is 23.0 Å². The van der Waals surface area contributed by atoms with Gasteiger partial charge in [-0.2, -0.15) is 0 Å². The molecule has 0 radical (unpaired) electrons. The summed E-state index contributed by atoms with van der Waals surface area (Å²) in [5.74, 6) is 0.858. The molecule has 0 spiro atoms. The van der Waals surface area contributed by atoms with Crippen LogP contribution in [0.2, 0.25) is 0 Å². The topological polar surface area (TPSA) is 100 Å². The number of esters is 2. The number of hydrogen-bond acceptors (Lipinski definition) is 9. The van der Waals surface area contributed by atoms with Crippen molar-refractivity contribution in [1.29, 1.82) is 0 Å². The summed E-state index contributed by atoms with van der Waals surface area (Å²) in [6.45, 7) is 3.29. The van der Waals surface area contributed by atoms with Crippen molar-refractivity contribution in [3.8, 4) is 23.0 Å². The minimum atomic E-state index is -0.937. The maximum absolute atomic E-state index is 13.2. The van der Waals surface area contributed by atoms with E-state index in [0.717, 1.165) is 5.75 Å². The van der Waals surface area contributed by atoms with Crippen LogP contribution in [0.4, 0.5) is 0 Å². The van der Waals surface area contributed by atoms with Crippen LogP contribution in [0, 0.1) is 0 Å². The molecule has 1 atom stereocenters. The van der Waals surface area contributed by atoms with Gasteiger partial charge in [-0.25, -0.2) is 0 Å². The highest BCUT2D eigenvalue weighted by molar-refractivity contribution is 8.01. The molecule has 0 saturated carbocycles. The monoisotopic (exact) mass is 471 g/mol. The average Bonchev–Trinajstić information content (AvgIpc) is 3.27. The van der Waals surface area contributed by atoms with Gasteiger partial charge in [0.1, 0.15) is 6.61 Å². The third kappa shape index (κ3) is 6.36. The molecule has 3 rings (SSSR count). The zero-order valence-electron chi connectivity index (χ0n) is 18.6. The second kappa shape index (κ2) is 11.0. The van der Waals surface area contributed by atoms with Crippen molar-refractivity contribution in [2.24, 2.45) is 0 Å². The van der Waals surface area contributed by atoms with E-state index in [4.69, 9.17) is 18.9 Å². The Morgan fingerprint density at radius 3 is 2.33 bits per heavy atom. The Kier molecular flexibility index (Phi) is 8.13. The molecule has 1 aliphatic rings. The number of carbonyl (C=O) groups is 3. The molecule has 0 aromatic heterocycles. The van der Waals surface area contributed by atoms with Crippen LogP contribution in [-0.4, -0.2) is 48.6 Å². The van der Waals surface area contributed by atoms with Gasteiger partial charge < -0.3 is 18.9 Å². The van der Waals surface area contributed by atoms with E-state index in [1.165, 1.54) is 43.8 Å². The van der Waals surface area contributed by atoms with E-state index in [1.807, 2.05) is 12.1 Å². The largest absolute Gasteiger partial charge is 0.493 e. The van der Waals surface area contributed by atoms with E-state index in [-0.39, 0.29) is 23.9 Å². The Hall–Kier alpha value is -3.30. The van der Waals surface area contributed by atoms with Gasteiger partial charge in [0.25, 0.3) is 0 Å². The number of nitrogens with one attached hydrogen (secondary N) is 1. The molecule has 1 aliphatic heterocycles. The molecule has 1 saturated heterocycles. The van der Waals surface area contributed by atoms with E-state index >= 15 is 0 Å². The summed E-state index contributed by atoms with van der Waals surface area (Å²) < 4.78 is 21.5. The van der Waals surface area contributed by atoms with Crippen molar-refractivity contribution < 1.29 is 33.3 Å².